The number of halogens is 3. The molecular formula is C22H17F3N2O3. The summed E-state index contributed by atoms with van der Waals surface area (Å²) < 4.78 is 50.2. The van der Waals surface area contributed by atoms with E-state index in [0.29, 0.717) is 23.8 Å². The van der Waals surface area contributed by atoms with Gasteiger partial charge in [-0.25, -0.2) is 0 Å². The Balaban J connectivity index is 1.48. The average molecular weight is 414 g/mol. The van der Waals surface area contributed by atoms with Crippen molar-refractivity contribution in [2.75, 3.05) is 0 Å². The van der Waals surface area contributed by atoms with E-state index in [1.807, 2.05) is 19.1 Å². The summed E-state index contributed by atoms with van der Waals surface area (Å²) in [5, 5.41) is 3.96. The molecule has 0 unspecified atom stereocenters. The lowest BCUT2D eigenvalue weighted by atomic mass is 10.0. The second-order valence-corrected chi connectivity index (χ2v) is 6.73. The van der Waals surface area contributed by atoms with Gasteiger partial charge in [-0.3, -0.25) is 4.98 Å². The predicted molar refractivity (Wildman–Crippen MR) is 103 cm³/mol. The lowest BCUT2D eigenvalue weighted by Crippen LogP contribution is -2.07. The summed E-state index contributed by atoms with van der Waals surface area (Å²) in [6, 6.07) is 13.7. The van der Waals surface area contributed by atoms with Crippen LogP contribution in [0.2, 0.25) is 0 Å². The van der Waals surface area contributed by atoms with Crippen LogP contribution in [-0.2, 0) is 11.0 Å². The number of pyridine rings is 1. The Labute approximate surface area is 170 Å². The minimum Gasteiger partial charge on any atom is -0.457 e. The summed E-state index contributed by atoms with van der Waals surface area (Å²) in [7, 11) is 0. The van der Waals surface area contributed by atoms with Crippen LogP contribution in [0, 0.1) is 6.92 Å². The molecule has 0 bridgehead atoms. The fourth-order valence-electron chi connectivity index (χ4n) is 2.93. The number of hydrogen-bond acceptors (Lipinski definition) is 5. The monoisotopic (exact) mass is 414 g/mol. The molecule has 0 N–H and O–H groups in total. The molecule has 4 rings (SSSR count). The standard InChI is InChI=1S/C22H17F3N2O3/c1-14-7-8-15(20-12-21(27-30-20)29-18-6-3-9-26-13-18)10-19(14)28-17-5-2-4-16(11-17)22(23,24)25/h2-11,13,20H,12H2,1H3/t20-/m0/s1. The summed E-state index contributed by atoms with van der Waals surface area (Å²) in [5.74, 6) is 1.51. The van der Waals surface area contributed by atoms with Crippen LogP contribution in [-0.4, -0.2) is 10.9 Å². The molecule has 1 atom stereocenters. The predicted octanol–water partition coefficient (Wildman–Crippen LogP) is 6.06. The highest BCUT2D eigenvalue weighted by Crippen LogP contribution is 2.36. The van der Waals surface area contributed by atoms with Crippen LogP contribution in [0.1, 0.15) is 29.2 Å². The summed E-state index contributed by atoms with van der Waals surface area (Å²) in [5.41, 5.74) is 0.788. The van der Waals surface area contributed by atoms with Gasteiger partial charge in [0.05, 0.1) is 18.2 Å². The largest absolute Gasteiger partial charge is 0.457 e. The number of oxime groups is 1. The van der Waals surface area contributed by atoms with Gasteiger partial charge < -0.3 is 14.3 Å². The Morgan fingerprint density at radius 2 is 1.83 bits per heavy atom. The molecule has 0 aliphatic carbocycles. The fraction of sp³-hybridized carbons (Fsp3) is 0.182. The molecule has 30 heavy (non-hydrogen) atoms. The van der Waals surface area contributed by atoms with E-state index in [0.717, 1.165) is 23.3 Å². The molecule has 1 aliphatic rings. The third kappa shape index (κ3) is 4.53. The maximum Gasteiger partial charge on any atom is 0.416 e. The molecule has 2 heterocycles. The quantitative estimate of drug-likeness (QED) is 0.521. The first-order chi connectivity index (χ1) is 14.4. The minimum absolute atomic E-state index is 0.106. The van der Waals surface area contributed by atoms with Crippen molar-refractivity contribution in [2.24, 2.45) is 5.16 Å². The van der Waals surface area contributed by atoms with Crippen LogP contribution in [0.15, 0.2) is 72.1 Å². The third-order valence-corrected chi connectivity index (χ3v) is 4.49. The number of alkyl halides is 3. The minimum atomic E-state index is -4.43. The molecule has 1 aliphatic heterocycles. The van der Waals surface area contributed by atoms with E-state index in [9.17, 15) is 13.2 Å². The number of benzene rings is 2. The maximum absolute atomic E-state index is 12.9. The van der Waals surface area contributed by atoms with Crippen LogP contribution in [0.5, 0.6) is 17.2 Å². The normalized spacial score (nSPS) is 16.0. The molecule has 0 radical (unpaired) electrons. The van der Waals surface area contributed by atoms with Gasteiger partial charge in [0.2, 0.25) is 5.90 Å². The van der Waals surface area contributed by atoms with Crippen LogP contribution in [0.4, 0.5) is 13.2 Å². The van der Waals surface area contributed by atoms with Gasteiger partial charge in [-0.1, -0.05) is 23.4 Å². The Hall–Kier alpha value is -3.55. The molecule has 0 fully saturated rings. The highest BCUT2D eigenvalue weighted by atomic mass is 19.4. The topological polar surface area (TPSA) is 52.9 Å². The van der Waals surface area contributed by atoms with Crippen molar-refractivity contribution in [1.29, 1.82) is 0 Å². The van der Waals surface area contributed by atoms with E-state index in [2.05, 4.69) is 10.1 Å². The van der Waals surface area contributed by atoms with Crippen LogP contribution in [0.3, 0.4) is 0 Å². The van der Waals surface area contributed by atoms with Crippen molar-refractivity contribution in [1.82, 2.24) is 4.98 Å². The highest BCUT2D eigenvalue weighted by Gasteiger charge is 2.31. The Morgan fingerprint density at radius 1 is 1.00 bits per heavy atom. The average Bonchev–Trinajstić information content (AvgIpc) is 3.18. The second-order valence-electron chi connectivity index (χ2n) is 6.73. The van der Waals surface area contributed by atoms with Crippen LogP contribution in [0.25, 0.3) is 0 Å². The molecular weight excluding hydrogens is 397 g/mol. The lowest BCUT2D eigenvalue weighted by molar-refractivity contribution is -0.137. The van der Waals surface area contributed by atoms with Crippen molar-refractivity contribution < 1.29 is 27.5 Å². The summed E-state index contributed by atoms with van der Waals surface area (Å²) >= 11 is 0. The number of aromatic nitrogens is 1. The van der Waals surface area contributed by atoms with Crippen LogP contribution >= 0.6 is 0 Å². The van der Waals surface area contributed by atoms with Gasteiger partial charge in [-0.15, -0.1) is 0 Å². The van der Waals surface area contributed by atoms with Crippen molar-refractivity contribution in [3.63, 3.8) is 0 Å². The molecule has 0 saturated heterocycles. The molecule has 154 valence electrons. The van der Waals surface area contributed by atoms with Gasteiger partial charge in [-0.2, -0.15) is 13.2 Å². The molecule has 0 amide bonds. The molecule has 0 saturated carbocycles. The lowest BCUT2D eigenvalue weighted by Gasteiger charge is -2.14. The van der Waals surface area contributed by atoms with Gasteiger partial charge in [0.25, 0.3) is 0 Å². The second kappa shape index (κ2) is 8.06. The van der Waals surface area contributed by atoms with Gasteiger partial charge >= 0.3 is 6.18 Å². The first-order valence-electron chi connectivity index (χ1n) is 9.15. The van der Waals surface area contributed by atoms with Gasteiger partial charge in [-0.05, 0) is 54.4 Å². The molecule has 0 spiro atoms. The molecule has 1 aromatic heterocycles. The van der Waals surface area contributed by atoms with Gasteiger partial charge in [0.15, 0.2) is 6.10 Å². The van der Waals surface area contributed by atoms with E-state index in [1.165, 1.54) is 12.1 Å². The number of nitrogens with zero attached hydrogens (tertiary/aromatic N) is 2. The Kier molecular flexibility index (Phi) is 5.31. The molecule has 8 heteroatoms. The van der Waals surface area contributed by atoms with E-state index in [1.54, 1.807) is 30.6 Å². The Bertz CT molecular complexity index is 1070. The van der Waals surface area contributed by atoms with Crippen molar-refractivity contribution in [3.8, 4) is 17.2 Å². The number of rotatable bonds is 4. The third-order valence-electron chi connectivity index (χ3n) is 4.49. The van der Waals surface area contributed by atoms with Crippen molar-refractivity contribution >= 4 is 5.90 Å². The van der Waals surface area contributed by atoms with Gasteiger partial charge in [0.1, 0.15) is 17.2 Å². The first kappa shape index (κ1) is 19.8. The van der Waals surface area contributed by atoms with Crippen molar-refractivity contribution in [3.05, 3.63) is 83.7 Å². The smallest absolute Gasteiger partial charge is 0.416 e. The first-order valence-corrected chi connectivity index (χ1v) is 9.15. The van der Waals surface area contributed by atoms with Gasteiger partial charge in [0, 0.05) is 6.20 Å². The van der Waals surface area contributed by atoms with Crippen molar-refractivity contribution in [2.45, 2.75) is 25.6 Å². The number of aryl methyl sites for hydroxylation is 1. The Morgan fingerprint density at radius 3 is 2.60 bits per heavy atom. The molecule has 2 aromatic carbocycles. The highest BCUT2D eigenvalue weighted by molar-refractivity contribution is 5.79. The summed E-state index contributed by atoms with van der Waals surface area (Å²) in [6.07, 6.45) is -1.21. The number of hydrogen-bond donors (Lipinski definition) is 0. The maximum atomic E-state index is 12.9. The van der Waals surface area contributed by atoms with E-state index in [4.69, 9.17) is 14.3 Å². The summed E-state index contributed by atoms with van der Waals surface area (Å²) in [4.78, 5) is 9.45. The van der Waals surface area contributed by atoms with Crippen LogP contribution < -0.4 is 9.47 Å². The SMILES string of the molecule is Cc1ccc([C@@H]2CC(Oc3cccnc3)=NO2)cc1Oc1cccc(C(F)(F)F)c1. The van der Waals surface area contributed by atoms with E-state index < -0.39 is 11.7 Å². The van der Waals surface area contributed by atoms with E-state index in [-0.39, 0.29) is 11.9 Å². The number of ether oxygens (including phenoxy) is 2. The van der Waals surface area contributed by atoms with E-state index >= 15 is 0 Å². The zero-order chi connectivity index (χ0) is 21.1. The summed E-state index contributed by atoms with van der Waals surface area (Å²) in [6.45, 7) is 1.82. The molecule has 5 nitrogen and oxygen atoms in total. The zero-order valence-corrected chi connectivity index (χ0v) is 15.9. The zero-order valence-electron chi connectivity index (χ0n) is 15.9. The fourth-order valence-corrected chi connectivity index (χ4v) is 2.93. The molecule has 3 aromatic rings.